The van der Waals surface area contributed by atoms with Gasteiger partial charge in [0.25, 0.3) is 5.91 Å². The Kier molecular flexibility index (Phi) is 7.43. The third-order valence-corrected chi connectivity index (χ3v) is 6.56. The van der Waals surface area contributed by atoms with Crippen molar-refractivity contribution in [2.75, 3.05) is 33.3 Å². The lowest BCUT2D eigenvalue weighted by Gasteiger charge is -2.41. The number of ether oxygens (including phenoxy) is 1. The van der Waals surface area contributed by atoms with Gasteiger partial charge in [-0.15, -0.1) is 0 Å². The minimum Gasteiger partial charge on any atom is -0.494 e. The summed E-state index contributed by atoms with van der Waals surface area (Å²) in [4.78, 5) is 22.7. The minimum absolute atomic E-state index is 0.145. The number of guanidine groups is 1. The lowest BCUT2D eigenvalue weighted by Crippen LogP contribution is -2.55. The second-order valence-corrected chi connectivity index (χ2v) is 8.74. The van der Waals surface area contributed by atoms with Crippen LogP contribution in [0.25, 0.3) is 0 Å². The van der Waals surface area contributed by atoms with Crippen LogP contribution in [0.2, 0.25) is 0 Å². The summed E-state index contributed by atoms with van der Waals surface area (Å²) in [6, 6.07) is 16.0. The van der Waals surface area contributed by atoms with E-state index in [4.69, 9.17) is 9.73 Å². The molecule has 0 bridgehead atoms. The number of benzene rings is 2. The average Bonchev–Trinajstić information content (AvgIpc) is 2.85. The van der Waals surface area contributed by atoms with Gasteiger partial charge in [0.1, 0.15) is 11.4 Å². The topological polar surface area (TPSA) is 57.2 Å². The van der Waals surface area contributed by atoms with Crippen LogP contribution in [-0.4, -0.2) is 61.0 Å². The van der Waals surface area contributed by atoms with Crippen LogP contribution in [-0.2, 0) is 0 Å². The molecule has 2 fully saturated rings. The lowest BCUT2D eigenvalue weighted by molar-refractivity contribution is 0.0943. The molecule has 4 rings (SSSR count). The van der Waals surface area contributed by atoms with E-state index in [1.807, 2.05) is 55.5 Å². The molecular formula is C26H34N4O2. The number of carbonyl (C=O) groups is 1. The highest BCUT2D eigenvalue weighted by atomic mass is 16.5. The normalized spacial score (nSPS) is 18.4. The summed E-state index contributed by atoms with van der Waals surface area (Å²) in [6.45, 7) is 5.70. The predicted octanol–water partition coefficient (Wildman–Crippen LogP) is 4.37. The number of hydrogen-bond donors (Lipinski definition) is 1. The first kappa shape index (κ1) is 22.3. The molecule has 1 saturated carbocycles. The van der Waals surface area contributed by atoms with Crippen molar-refractivity contribution in [3.63, 3.8) is 0 Å². The van der Waals surface area contributed by atoms with E-state index in [9.17, 15) is 4.79 Å². The first-order chi connectivity index (χ1) is 15.6. The molecule has 1 aliphatic heterocycles. The number of carbonyl (C=O) groups excluding carboxylic acids is 1. The monoisotopic (exact) mass is 434 g/mol. The molecule has 1 amide bonds. The standard InChI is InChI=1S/C26H34N4O2/c1-20-12-14-21(15-13-20)25(31)28-26(27-23-10-6-7-11-24(23)32-2)30-18-16-29(17-19-30)22-8-4-3-5-9-22/h6-7,10-15,22H,3-5,8-9,16-19H2,1-2H3,(H,27,28,31). The summed E-state index contributed by atoms with van der Waals surface area (Å²) in [5, 5.41) is 3.08. The number of aryl methyl sites for hydroxylation is 1. The fourth-order valence-corrected chi connectivity index (χ4v) is 4.64. The quantitative estimate of drug-likeness (QED) is 0.573. The highest BCUT2D eigenvalue weighted by Crippen LogP contribution is 2.27. The van der Waals surface area contributed by atoms with Gasteiger partial charge >= 0.3 is 0 Å². The Morgan fingerprint density at radius 3 is 2.34 bits per heavy atom. The van der Waals surface area contributed by atoms with E-state index in [1.54, 1.807) is 7.11 Å². The van der Waals surface area contributed by atoms with Crippen molar-refractivity contribution < 1.29 is 9.53 Å². The highest BCUT2D eigenvalue weighted by Gasteiger charge is 2.27. The van der Waals surface area contributed by atoms with Gasteiger partial charge in [-0.25, -0.2) is 4.99 Å². The molecule has 1 saturated heterocycles. The van der Waals surface area contributed by atoms with Crippen molar-refractivity contribution >= 4 is 17.6 Å². The molecule has 0 unspecified atom stereocenters. The number of piperazine rings is 1. The Balaban J connectivity index is 1.53. The summed E-state index contributed by atoms with van der Waals surface area (Å²) >= 11 is 0. The van der Waals surface area contributed by atoms with E-state index in [-0.39, 0.29) is 5.91 Å². The first-order valence-corrected chi connectivity index (χ1v) is 11.7. The number of nitrogens with one attached hydrogen (secondary N) is 1. The molecule has 170 valence electrons. The molecule has 2 aliphatic rings. The van der Waals surface area contributed by atoms with E-state index >= 15 is 0 Å². The number of methoxy groups -OCH3 is 1. The molecule has 1 heterocycles. The average molecular weight is 435 g/mol. The molecule has 6 heteroatoms. The minimum atomic E-state index is -0.145. The summed E-state index contributed by atoms with van der Waals surface area (Å²) in [5.41, 5.74) is 2.47. The fraction of sp³-hybridized carbons (Fsp3) is 0.462. The summed E-state index contributed by atoms with van der Waals surface area (Å²) in [5.74, 6) is 1.13. The Labute approximate surface area is 191 Å². The van der Waals surface area contributed by atoms with E-state index in [2.05, 4.69) is 15.1 Å². The van der Waals surface area contributed by atoms with Gasteiger partial charge in [-0.05, 0) is 44.0 Å². The van der Waals surface area contributed by atoms with Gasteiger partial charge in [0.05, 0.1) is 7.11 Å². The van der Waals surface area contributed by atoms with Crippen molar-refractivity contribution in [3.05, 3.63) is 59.7 Å². The Morgan fingerprint density at radius 2 is 1.66 bits per heavy atom. The molecule has 32 heavy (non-hydrogen) atoms. The molecule has 0 radical (unpaired) electrons. The zero-order valence-electron chi connectivity index (χ0n) is 19.2. The summed E-state index contributed by atoms with van der Waals surface area (Å²) in [7, 11) is 1.64. The molecule has 1 N–H and O–H groups in total. The third kappa shape index (κ3) is 5.49. The van der Waals surface area contributed by atoms with E-state index < -0.39 is 0 Å². The highest BCUT2D eigenvalue weighted by molar-refractivity contribution is 6.06. The SMILES string of the molecule is COc1ccccc1N=C(NC(=O)c1ccc(C)cc1)N1CCN(C2CCCCC2)CC1. The van der Waals surface area contributed by atoms with Crippen molar-refractivity contribution in [2.24, 2.45) is 4.99 Å². The van der Waals surface area contributed by atoms with Gasteiger partial charge in [0.15, 0.2) is 0 Å². The fourth-order valence-electron chi connectivity index (χ4n) is 4.64. The van der Waals surface area contributed by atoms with Crippen molar-refractivity contribution in [3.8, 4) is 5.75 Å². The second kappa shape index (κ2) is 10.6. The van der Waals surface area contributed by atoms with Crippen LogP contribution in [0.4, 0.5) is 5.69 Å². The van der Waals surface area contributed by atoms with Crippen LogP contribution in [0.1, 0.15) is 48.0 Å². The number of amides is 1. The van der Waals surface area contributed by atoms with Crippen LogP contribution >= 0.6 is 0 Å². The number of hydrogen-bond acceptors (Lipinski definition) is 4. The first-order valence-electron chi connectivity index (χ1n) is 11.7. The Morgan fingerprint density at radius 1 is 0.969 bits per heavy atom. The van der Waals surface area contributed by atoms with Gasteiger partial charge in [-0.1, -0.05) is 49.1 Å². The zero-order valence-corrected chi connectivity index (χ0v) is 19.2. The van der Waals surface area contributed by atoms with Gasteiger partial charge in [0, 0.05) is 37.8 Å². The maximum atomic E-state index is 13.0. The van der Waals surface area contributed by atoms with E-state index in [1.165, 1.54) is 32.1 Å². The molecule has 1 aliphatic carbocycles. The molecule has 6 nitrogen and oxygen atoms in total. The van der Waals surface area contributed by atoms with E-state index in [0.717, 1.165) is 31.7 Å². The molecular weight excluding hydrogens is 400 g/mol. The van der Waals surface area contributed by atoms with Gasteiger partial charge in [-0.2, -0.15) is 0 Å². The van der Waals surface area contributed by atoms with Crippen LogP contribution in [0.5, 0.6) is 5.75 Å². The maximum Gasteiger partial charge on any atom is 0.257 e. The molecule has 2 aromatic carbocycles. The van der Waals surface area contributed by atoms with Gasteiger partial charge in [0.2, 0.25) is 5.96 Å². The van der Waals surface area contributed by atoms with Crippen LogP contribution in [0.15, 0.2) is 53.5 Å². The van der Waals surface area contributed by atoms with E-state index in [0.29, 0.717) is 29.0 Å². The van der Waals surface area contributed by atoms with Gasteiger partial charge < -0.3 is 9.64 Å². The summed E-state index contributed by atoms with van der Waals surface area (Å²) in [6.07, 6.45) is 6.69. The lowest BCUT2D eigenvalue weighted by atomic mass is 9.94. The largest absolute Gasteiger partial charge is 0.494 e. The molecule has 0 spiro atoms. The number of nitrogens with zero attached hydrogens (tertiary/aromatic N) is 3. The Bertz CT molecular complexity index is 927. The van der Waals surface area contributed by atoms with Crippen LogP contribution in [0, 0.1) is 6.92 Å². The van der Waals surface area contributed by atoms with Crippen molar-refractivity contribution in [1.29, 1.82) is 0 Å². The van der Waals surface area contributed by atoms with Crippen LogP contribution in [0.3, 0.4) is 0 Å². The maximum absolute atomic E-state index is 13.0. The zero-order chi connectivity index (χ0) is 22.3. The molecule has 0 atom stereocenters. The number of para-hydroxylation sites is 2. The van der Waals surface area contributed by atoms with Crippen molar-refractivity contribution in [1.82, 2.24) is 15.1 Å². The number of aliphatic imine (C=N–C) groups is 1. The third-order valence-electron chi connectivity index (χ3n) is 6.56. The molecule has 0 aromatic heterocycles. The Hall–Kier alpha value is -2.86. The van der Waals surface area contributed by atoms with Crippen LogP contribution < -0.4 is 10.1 Å². The second-order valence-electron chi connectivity index (χ2n) is 8.74. The number of rotatable bonds is 4. The van der Waals surface area contributed by atoms with Gasteiger partial charge in [-0.3, -0.25) is 15.0 Å². The molecule has 2 aromatic rings. The smallest absolute Gasteiger partial charge is 0.257 e. The summed E-state index contributed by atoms with van der Waals surface area (Å²) < 4.78 is 5.49. The van der Waals surface area contributed by atoms with Crippen molar-refractivity contribution in [2.45, 2.75) is 45.1 Å². The predicted molar refractivity (Wildman–Crippen MR) is 129 cm³/mol.